The molecule has 39 heavy (non-hydrogen) atoms. The number of fused-ring (bicyclic) bond motifs is 1. The zero-order chi connectivity index (χ0) is 26.6. The van der Waals surface area contributed by atoms with Gasteiger partial charge in [-0.3, -0.25) is 14.7 Å². The number of nitrogens with zero attached hydrogens (tertiary/aromatic N) is 5. The number of hydrogen-bond donors (Lipinski definition) is 2. The second kappa shape index (κ2) is 12.3. The van der Waals surface area contributed by atoms with Crippen molar-refractivity contribution in [3.05, 3.63) is 52.1 Å². The summed E-state index contributed by atoms with van der Waals surface area (Å²) >= 11 is 1.76. The topological polar surface area (TPSA) is 84.8 Å². The number of hydrogen-bond acceptors (Lipinski definition) is 8. The lowest BCUT2D eigenvalue weighted by atomic mass is 10.1. The van der Waals surface area contributed by atoms with Gasteiger partial charge < -0.3 is 20.2 Å². The summed E-state index contributed by atoms with van der Waals surface area (Å²) in [5, 5.41) is 17.8. The highest BCUT2D eigenvalue weighted by molar-refractivity contribution is 7.09. The third kappa shape index (κ3) is 6.27. The lowest BCUT2D eigenvalue weighted by Crippen LogP contribution is -2.38. The Morgan fingerprint density at radius 1 is 1.08 bits per heavy atom. The van der Waals surface area contributed by atoms with Crippen LogP contribution >= 0.6 is 11.3 Å². The Labute approximate surface area is 235 Å². The minimum atomic E-state index is -0.0246. The molecular weight excluding hydrogens is 508 g/mol. The van der Waals surface area contributed by atoms with Crippen LogP contribution in [0.4, 0.5) is 5.69 Å². The van der Waals surface area contributed by atoms with E-state index in [-0.39, 0.29) is 18.6 Å². The Bertz CT molecular complexity index is 1270. The fourth-order valence-electron chi connectivity index (χ4n) is 6.12. The molecule has 9 heteroatoms. The number of anilines is 1. The second-order valence-electron chi connectivity index (χ2n) is 11.2. The molecule has 0 bridgehead atoms. The van der Waals surface area contributed by atoms with Gasteiger partial charge in [-0.05, 0) is 51.3 Å². The molecule has 2 N–H and O–H groups in total. The Morgan fingerprint density at radius 3 is 2.77 bits per heavy atom. The molecule has 0 spiro atoms. The van der Waals surface area contributed by atoms with Crippen LogP contribution in [0.25, 0.3) is 10.9 Å². The third-order valence-electron chi connectivity index (χ3n) is 8.42. The Balaban J connectivity index is 1.18. The molecule has 2 aromatic heterocycles. The maximum absolute atomic E-state index is 13.2. The van der Waals surface area contributed by atoms with E-state index in [1.165, 1.54) is 30.7 Å². The van der Waals surface area contributed by atoms with Crippen molar-refractivity contribution >= 4 is 33.8 Å². The number of carbonyl (C=O) groups is 1. The van der Waals surface area contributed by atoms with Gasteiger partial charge in [0.1, 0.15) is 0 Å². The summed E-state index contributed by atoms with van der Waals surface area (Å²) in [6.07, 6.45) is 8.24. The first-order valence-electron chi connectivity index (χ1n) is 14.6. The maximum atomic E-state index is 13.2. The van der Waals surface area contributed by atoms with Crippen molar-refractivity contribution in [2.45, 2.75) is 57.1 Å². The van der Waals surface area contributed by atoms with Crippen LogP contribution in [-0.4, -0.2) is 83.1 Å². The van der Waals surface area contributed by atoms with Crippen LogP contribution in [-0.2, 0) is 11.4 Å². The van der Waals surface area contributed by atoms with E-state index >= 15 is 0 Å². The van der Waals surface area contributed by atoms with Gasteiger partial charge in [-0.15, -0.1) is 11.3 Å². The molecule has 2 saturated heterocycles. The predicted molar refractivity (Wildman–Crippen MR) is 156 cm³/mol. The number of aromatic nitrogens is 2. The first-order valence-corrected chi connectivity index (χ1v) is 15.5. The van der Waals surface area contributed by atoms with Gasteiger partial charge in [-0.1, -0.05) is 18.2 Å². The van der Waals surface area contributed by atoms with Gasteiger partial charge in [0.05, 0.1) is 34.6 Å². The standard InChI is InChI=1S/C30H40N6O2S/c37-20-24-9-6-22-5-3-10-32-28(22)29(24)36-15-4-14-35(17-18-36)26(25-21-39-30(33-25)23-7-8-23)19-27(38)31-11-16-34-12-1-2-13-34/h3,5-6,9-10,21,23,26,37H,1-2,4,7-8,11-20H2,(H,31,38)/t26-/m1/s1. The molecule has 0 unspecified atom stereocenters. The average molecular weight is 549 g/mol. The molecule has 3 aromatic rings. The molecule has 3 aliphatic rings. The van der Waals surface area contributed by atoms with Crippen molar-refractivity contribution < 1.29 is 9.90 Å². The van der Waals surface area contributed by atoms with Crippen LogP contribution in [0.15, 0.2) is 35.8 Å². The smallest absolute Gasteiger partial charge is 0.222 e. The fourth-order valence-corrected chi connectivity index (χ4v) is 7.16. The number of benzene rings is 1. The summed E-state index contributed by atoms with van der Waals surface area (Å²) in [5.74, 6) is 0.733. The summed E-state index contributed by atoms with van der Waals surface area (Å²) in [6.45, 7) is 7.37. The minimum absolute atomic E-state index is 0.00887. The zero-order valence-corrected chi connectivity index (χ0v) is 23.5. The summed E-state index contributed by atoms with van der Waals surface area (Å²) in [6, 6.07) is 8.07. The highest BCUT2D eigenvalue weighted by atomic mass is 32.1. The number of amides is 1. The number of pyridine rings is 1. The number of aliphatic hydroxyl groups is 1. The number of carbonyl (C=O) groups excluding carboxylic acids is 1. The third-order valence-corrected chi connectivity index (χ3v) is 9.45. The van der Waals surface area contributed by atoms with Crippen molar-refractivity contribution in [3.8, 4) is 0 Å². The van der Waals surface area contributed by atoms with Crippen LogP contribution in [0.3, 0.4) is 0 Å². The molecule has 3 fully saturated rings. The normalized spacial score (nSPS) is 19.9. The number of rotatable bonds is 10. The van der Waals surface area contributed by atoms with Crippen LogP contribution < -0.4 is 10.2 Å². The highest BCUT2D eigenvalue weighted by Crippen LogP contribution is 2.42. The molecular formula is C30H40N6O2S. The van der Waals surface area contributed by atoms with E-state index in [0.29, 0.717) is 18.9 Å². The van der Waals surface area contributed by atoms with Gasteiger partial charge in [0.2, 0.25) is 5.91 Å². The number of thiazole rings is 1. The highest BCUT2D eigenvalue weighted by Gasteiger charge is 2.32. The van der Waals surface area contributed by atoms with Gasteiger partial charge >= 0.3 is 0 Å². The average Bonchev–Trinajstić information content (AvgIpc) is 3.55. The number of likely N-dealkylation sites (tertiary alicyclic amines) is 1. The molecule has 1 atom stereocenters. The van der Waals surface area contributed by atoms with E-state index in [4.69, 9.17) is 4.98 Å². The van der Waals surface area contributed by atoms with Crippen molar-refractivity contribution in [1.82, 2.24) is 25.1 Å². The molecule has 4 heterocycles. The van der Waals surface area contributed by atoms with Crippen molar-refractivity contribution in [2.75, 3.05) is 57.3 Å². The van der Waals surface area contributed by atoms with Crippen molar-refractivity contribution in [2.24, 2.45) is 0 Å². The lowest BCUT2D eigenvalue weighted by Gasteiger charge is -2.30. The van der Waals surface area contributed by atoms with E-state index in [0.717, 1.165) is 80.1 Å². The van der Waals surface area contributed by atoms with E-state index in [2.05, 4.69) is 36.4 Å². The Morgan fingerprint density at radius 2 is 1.95 bits per heavy atom. The molecule has 6 rings (SSSR count). The maximum Gasteiger partial charge on any atom is 0.222 e. The predicted octanol–water partition coefficient (Wildman–Crippen LogP) is 3.92. The van der Waals surface area contributed by atoms with E-state index in [1.54, 1.807) is 11.3 Å². The molecule has 208 valence electrons. The van der Waals surface area contributed by atoms with Crippen LogP contribution in [0.5, 0.6) is 0 Å². The van der Waals surface area contributed by atoms with Crippen LogP contribution in [0, 0.1) is 0 Å². The minimum Gasteiger partial charge on any atom is -0.392 e. The Hall–Kier alpha value is -2.59. The quantitative estimate of drug-likeness (QED) is 0.397. The van der Waals surface area contributed by atoms with Gasteiger partial charge in [-0.25, -0.2) is 4.98 Å². The number of aliphatic hydroxyl groups excluding tert-OH is 1. The molecule has 0 radical (unpaired) electrons. The van der Waals surface area contributed by atoms with Gasteiger partial charge in [0, 0.05) is 74.1 Å². The first-order chi connectivity index (χ1) is 19.2. The summed E-state index contributed by atoms with van der Waals surface area (Å²) in [5.41, 5.74) is 3.95. The molecule has 8 nitrogen and oxygen atoms in total. The SMILES string of the molecule is O=C(C[C@H](c1csc(C2CC2)n1)N1CCCN(c2c(CO)ccc3cccnc23)CC1)NCCN1CCCC1. The van der Waals surface area contributed by atoms with Crippen molar-refractivity contribution in [1.29, 1.82) is 0 Å². The van der Waals surface area contributed by atoms with E-state index < -0.39 is 0 Å². The van der Waals surface area contributed by atoms with Crippen LogP contribution in [0.1, 0.15) is 66.7 Å². The van der Waals surface area contributed by atoms with Gasteiger partial charge in [0.15, 0.2) is 0 Å². The monoisotopic (exact) mass is 548 g/mol. The lowest BCUT2D eigenvalue weighted by molar-refractivity contribution is -0.122. The largest absolute Gasteiger partial charge is 0.392 e. The number of nitrogens with one attached hydrogen (secondary N) is 1. The second-order valence-corrected chi connectivity index (χ2v) is 12.1. The van der Waals surface area contributed by atoms with E-state index in [1.807, 2.05) is 24.4 Å². The molecule has 1 saturated carbocycles. The summed E-state index contributed by atoms with van der Waals surface area (Å²) in [7, 11) is 0. The fraction of sp³-hybridized carbons (Fsp3) is 0.567. The van der Waals surface area contributed by atoms with E-state index in [9.17, 15) is 9.90 Å². The Kier molecular flexibility index (Phi) is 8.39. The molecule has 1 aliphatic carbocycles. The molecule has 1 amide bonds. The van der Waals surface area contributed by atoms with Gasteiger partial charge in [-0.2, -0.15) is 0 Å². The van der Waals surface area contributed by atoms with Gasteiger partial charge in [0.25, 0.3) is 0 Å². The molecule has 2 aliphatic heterocycles. The summed E-state index contributed by atoms with van der Waals surface area (Å²) in [4.78, 5) is 30.2. The van der Waals surface area contributed by atoms with Crippen LogP contribution in [0.2, 0.25) is 0 Å². The summed E-state index contributed by atoms with van der Waals surface area (Å²) < 4.78 is 0. The molecule has 1 aromatic carbocycles. The van der Waals surface area contributed by atoms with Crippen molar-refractivity contribution in [3.63, 3.8) is 0 Å². The first kappa shape index (κ1) is 26.6. The zero-order valence-electron chi connectivity index (χ0n) is 22.7.